The molecule has 156 valence electrons. The highest BCUT2D eigenvalue weighted by molar-refractivity contribution is 14.0. The smallest absolute Gasteiger partial charge is 0.191 e. The SMILES string of the molecule is CN=C(NCCCCn1ccnc1C)NCC(C(C)C)N1CCOCC1.I. The molecule has 8 heteroatoms. The van der Waals surface area contributed by atoms with E-state index in [9.17, 15) is 0 Å². The molecule has 0 aliphatic carbocycles. The number of aliphatic imine (C=N–C) groups is 1. The van der Waals surface area contributed by atoms with Gasteiger partial charge in [-0.25, -0.2) is 4.98 Å². The molecule has 27 heavy (non-hydrogen) atoms. The number of hydrogen-bond donors (Lipinski definition) is 2. The van der Waals surface area contributed by atoms with E-state index >= 15 is 0 Å². The number of nitrogens with zero attached hydrogens (tertiary/aromatic N) is 4. The number of unbranched alkanes of at least 4 members (excludes halogenated alkanes) is 1. The number of aryl methyl sites for hydroxylation is 2. The van der Waals surface area contributed by atoms with Gasteiger partial charge in [0.2, 0.25) is 0 Å². The Labute approximate surface area is 181 Å². The Balaban J connectivity index is 0.00000364. The van der Waals surface area contributed by atoms with Gasteiger partial charge in [0.1, 0.15) is 5.82 Å². The molecule has 0 amide bonds. The number of ether oxygens (including phenoxy) is 1. The van der Waals surface area contributed by atoms with Crippen LogP contribution in [0.2, 0.25) is 0 Å². The summed E-state index contributed by atoms with van der Waals surface area (Å²) in [6.45, 7) is 13.2. The van der Waals surface area contributed by atoms with Gasteiger partial charge in [-0.3, -0.25) is 9.89 Å². The van der Waals surface area contributed by atoms with E-state index in [0.717, 1.165) is 70.6 Å². The fourth-order valence-corrected chi connectivity index (χ4v) is 3.37. The molecule has 0 saturated carbocycles. The van der Waals surface area contributed by atoms with Crippen LogP contribution in [0.3, 0.4) is 0 Å². The Morgan fingerprint density at radius 1 is 1.26 bits per heavy atom. The van der Waals surface area contributed by atoms with Gasteiger partial charge in [0.15, 0.2) is 5.96 Å². The number of morpholine rings is 1. The van der Waals surface area contributed by atoms with Crippen molar-refractivity contribution < 1.29 is 4.74 Å². The summed E-state index contributed by atoms with van der Waals surface area (Å²) in [5.41, 5.74) is 0. The molecule has 1 aromatic rings. The van der Waals surface area contributed by atoms with Crippen LogP contribution in [0, 0.1) is 12.8 Å². The fourth-order valence-electron chi connectivity index (χ4n) is 3.37. The number of guanidine groups is 1. The zero-order valence-corrected chi connectivity index (χ0v) is 19.6. The van der Waals surface area contributed by atoms with Crippen molar-refractivity contribution in [2.75, 3.05) is 46.4 Å². The largest absolute Gasteiger partial charge is 0.379 e. The van der Waals surface area contributed by atoms with Gasteiger partial charge in [-0.05, 0) is 25.7 Å². The van der Waals surface area contributed by atoms with E-state index in [1.54, 1.807) is 0 Å². The summed E-state index contributed by atoms with van der Waals surface area (Å²) in [6.07, 6.45) is 6.14. The lowest BCUT2D eigenvalue weighted by molar-refractivity contribution is 0.00752. The number of rotatable bonds is 9. The Morgan fingerprint density at radius 2 is 2.00 bits per heavy atom. The molecule has 1 aromatic heterocycles. The molecule has 0 radical (unpaired) electrons. The second-order valence-corrected chi connectivity index (χ2v) is 7.21. The van der Waals surface area contributed by atoms with E-state index in [1.807, 2.05) is 26.4 Å². The van der Waals surface area contributed by atoms with Crippen molar-refractivity contribution in [2.24, 2.45) is 10.9 Å². The first kappa shape index (κ1) is 24.2. The molecule has 7 nitrogen and oxygen atoms in total. The average molecular weight is 492 g/mol. The topological polar surface area (TPSA) is 66.7 Å². The Hall–Kier alpha value is -0.870. The Kier molecular flexibility index (Phi) is 11.9. The zero-order valence-electron chi connectivity index (χ0n) is 17.3. The number of imidazole rings is 1. The van der Waals surface area contributed by atoms with Gasteiger partial charge in [-0.2, -0.15) is 0 Å². The Bertz CT molecular complexity index is 542. The van der Waals surface area contributed by atoms with Crippen LogP contribution in [0.4, 0.5) is 0 Å². The molecule has 1 unspecified atom stereocenters. The molecule has 1 fully saturated rings. The van der Waals surface area contributed by atoms with Crippen molar-refractivity contribution in [1.82, 2.24) is 25.1 Å². The van der Waals surface area contributed by atoms with Gasteiger partial charge in [0, 0.05) is 58.2 Å². The number of halogens is 1. The molecule has 0 aromatic carbocycles. The van der Waals surface area contributed by atoms with Crippen LogP contribution in [-0.2, 0) is 11.3 Å². The normalized spacial score (nSPS) is 16.9. The van der Waals surface area contributed by atoms with Gasteiger partial charge < -0.3 is 19.9 Å². The molecule has 1 atom stereocenters. The van der Waals surface area contributed by atoms with E-state index in [0.29, 0.717) is 12.0 Å². The van der Waals surface area contributed by atoms with Gasteiger partial charge >= 0.3 is 0 Å². The van der Waals surface area contributed by atoms with Crippen molar-refractivity contribution in [1.29, 1.82) is 0 Å². The second-order valence-electron chi connectivity index (χ2n) is 7.21. The number of aromatic nitrogens is 2. The van der Waals surface area contributed by atoms with Crippen LogP contribution in [0.25, 0.3) is 0 Å². The van der Waals surface area contributed by atoms with Gasteiger partial charge in [0.25, 0.3) is 0 Å². The second kappa shape index (κ2) is 13.3. The number of nitrogens with one attached hydrogen (secondary N) is 2. The standard InChI is InChI=1S/C19H36N6O.HI/c1-16(2)18(25-11-13-26-14-12-25)15-23-19(20-4)22-7-5-6-9-24-10-8-21-17(24)3;/h8,10,16,18H,5-7,9,11-15H2,1-4H3,(H2,20,22,23);1H. The maximum absolute atomic E-state index is 5.48. The first-order valence-electron chi connectivity index (χ1n) is 9.86. The predicted molar refractivity (Wildman–Crippen MR) is 122 cm³/mol. The van der Waals surface area contributed by atoms with Crippen LogP contribution in [0.5, 0.6) is 0 Å². The van der Waals surface area contributed by atoms with Crippen LogP contribution in [0.15, 0.2) is 17.4 Å². The van der Waals surface area contributed by atoms with E-state index in [1.165, 1.54) is 0 Å². The van der Waals surface area contributed by atoms with E-state index in [4.69, 9.17) is 4.74 Å². The van der Waals surface area contributed by atoms with E-state index < -0.39 is 0 Å². The Morgan fingerprint density at radius 3 is 2.59 bits per heavy atom. The average Bonchev–Trinajstić information content (AvgIpc) is 3.05. The van der Waals surface area contributed by atoms with Crippen LogP contribution in [-0.4, -0.2) is 72.9 Å². The van der Waals surface area contributed by atoms with Crippen molar-refractivity contribution in [2.45, 2.75) is 46.2 Å². The summed E-state index contributed by atoms with van der Waals surface area (Å²) in [4.78, 5) is 11.1. The van der Waals surface area contributed by atoms with Crippen molar-refractivity contribution in [3.63, 3.8) is 0 Å². The lowest BCUT2D eigenvalue weighted by Crippen LogP contribution is -2.52. The minimum absolute atomic E-state index is 0. The lowest BCUT2D eigenvalue weighted by atomic mass is 10.0. The number of hydrogen-bond acceptors (Lipinski definition) is 4. The third-order valence-corrected chi connectivity index (χ3v) is 5.03. The van der Waals surface area contributed by atoms with Gasteiger partial charge in [-0.15, -0.1) is 24.0 Å². The molecule has 1 aliphatic rings. The maximum Gasteiger partial charge on any atom is 0.191 e. The summed E-state index contributed by atoms with van der Waals surface area (Å²) >= 11 is 0. The molecule has 2 N–H and O–H groups in total. The van der Waals surface area contributed by atoms with Gasteiger partial charge in [-0.1, -0.05) is 13.8 Å². The predicted octanol–water partition coefficient (Wildman–Crippen LogP) is 2.11. The zero-order chi connectivity index (χ0) is 18.8. The summed E-state index contributed by atoms with van der Waals surface area (Å²) in [7, 11) is 1.84. The summed E-state index contributed by atoms with van der Waals surface area (Å²) < 4.78 is 7.68. The minimum atomic E-state index is 0. The molecular weight excluding hydrogens is 455 g/mol. The van der Waals surface area contributed by atoms with Crippen molar-refractivity contribution in [3.05, 3.63) is 18.2 Å². The van der Waals surface area contributed by atoms with Gasteiger partial charge in [0.05, 0.1) is 13.2 Å². The first-order valence-corrected chi connectivity index (χ1v) is 9.86. The highest BCUT2D eigenvalue weighted by Crippen LogP contribution is 2.12. The highest BCUT2D eigenvalue weighted by Gasteiger charge is 2.23. The monoisotopic (exact) mass is 492 g/mol. The van der Waals surface area contributed by atoms with Crippen molar-refractivity contribution >= 4 is 29.9 Å². The molecular formula is C19H37IN6O. The molecule has 1 saturated heterocycles. The first-order chi connectivity index (χ1) is 12.6. The summed E-state index contributed by atoms with van der Waals surface area (Å²) in [6, 6.07) is 0.502. The molecule has 1 aliphatic heterocycles. The van der Waals surface area contributed by atoms with Crippen LogP contribution >= 0.6 is 24.0 Å². The van der Waals surface area contributed by atoms with E-state index in [2.05, 4.69) is 43.9 Å². The lowest BCUT2D eigenvalue weighted by Gasteiger charge is -2.37. The molecule has 2 rings (SSSR count). The van der Waals surface area contributed by atoms with Crippen LogP contribution < -0.4 is 10.6 Å². The fraction of sp³-hybridized carbons (Fsp3) is 0.789. The third-order valence-electron chi connectivity index (χ3n) is 5.03. The molecule has 0 spiro atoms. The molecule has 0 bridgehead atoms. The maximum atomic E-state index is 5.48. The molecule has 2 heterocycles. The van der Waals surface area contributed by atoms with E-state index in [-0.39, 0.29) is 24.0 Å². The summed E-state index contributed by atoms with van der Waals surface area (Å²) in [5.74, 6) is 2.57. The minimum Gasteiger partial charge on any atom is -0.379 e. The quantitative estimate of drug-likeness (QED) is 0.239. The third kappa shape index (κ3) is 8.35. The highest BCUT2D eigenvalue weighted by atomic mass is 127. The summed E-state index contributed by atoms with van der Waals surface area (Å²) in [5, 5.41) is 6.94. The van der Waals surface area contributed by atoms with Crippen molar-refractivity contribution in [3.8, 4) is 0 Å². The van der Waals surface area contributed by atoms with Crippen LogP contribution in [0.1, 0.15) is 32.5 Å².